The first-order chi connectivity index (χ1) is 12.2. The average Bonchev–Trinajstić information content (AvgIpc) is 3.33. The Hall–Kier alpha value is -2.13. The SMILES string of the molecule is CCC=CC[C@H]1O[C@H]1C=CC=CC=CCC=CCC=CCCC(=O)O. The predicted molar refractivity (Wildman–Crippen MR) is 105 cm³/mol. The van der Waals surface area contributed by atoms with E-state index in [4.69, 9.17) is 9.84 Å². The van der Waals surface area contributed by atoms with E-state index < -0.39 is 5.97 Å². The highest BCUT2D eigenvalue weighted by atomic mass is 16.6. The number of epoxide rings is 1. The standard InChI is InChI=1S/C22H30O3/c1-2-3-14-17-20-21(25-20)18-15-12-10-8-6-4-5-7-9-11-13-16-19-22(23)24/h3,5-8,10-15,18,20-21H,2,4,9,16-17,19H2,1H3,(H,23,24)/t20-,21+/m1/s1. The van der Waals surface area contributed by atoms with Gasteiger partial charge >= 0.3 is 5.97 Å². The maximum Gasteiger partial charge on any atom is 0.303 e. The molecular weight excluding hydrogens is 312 g/mol. The number of hydrogen-bond donors (Lipinski definition) is 1. The molecule has 3 heteroatoms. The van der Waals surface area contributed by atoms with Gasteiger partial charge in [0.2, 0.25) is 0 Å². The van der Waals surface area contributed by atoms with Crippen LogP contribution in [-0.4, -0.2) is 23.3 Å². The Morgan fingerprint density at radius 2 is 1.64 bits per heavy atom. The zero-order chi connectivity index (χ0) is 18.2. The van der Waals surface area contributed by atoms with Gasteiger partial charge in [0.05, 0.1) is 6.10 Å². The van der Waals surface area contributed by atoms with E-state index in [1.165, 1.54) is 0 Å². The molecule has 0 saturated carbocycles. The highest BCUT2D eigenvalue weighted by Crippen LogP contribution is 2.26. The number of allylic oxidation sites excluding steroid dienone is 10. The van der Waals surface area contributed by atoms with Crippen molar-refractivity contribution in [1.82, 2.24) is 0 Å². The first-order valence-electron chi connectivity index (χ1n) is 9.06. The van der Waals surface area contributed by atoms with E-state index in [2.05, 4.69) is 43.4 Å². The van der Waals surface area contributed by atoms with Crippen molar-refractivity contribution < 1.29 is 14.6 Å². The molecule has 3 nitrogen and oxygen atoms in total. The van der Waals surface area contributed by atoms with Crippen LogP contribution in [0.2, 0.25) is 0 Å². The number of aliphatic carboxylic acids is 1. The van der Waals surface area contributed by atoms with Crippen LogP contribution in [0.25, 0.3) is 0 Å². The smallest absolute Gasteiger partial charge is 0.303 e. The lowest BCUT2D eigenvalue weighted by molar-refractivity contribution is -0.136. The molecule has 0 bridgehead atoms. The molecule has 25 heavy (non-hydrogen) atoms. The topological polar surface area (TPSA) is 49.8 Å². The van der Waals surface area contributed by atoms with Gasteiger partial charge in [-0.15, -0.1) is 0 Å². The number of hydrogen-bond acceptors (Lipinski definition) is 2. The molecule has 1 saturated heterocycles. The Morgan fingerprint density at radius 3 is 2.40 bits per heavy atom. The monoisotopic (exact) mass is 342 g/mol. The first-order valence-corrected chi connectivity index (χ1v) is 9.06. The van der Waals surface area contributed by atoms with Gasteiger partial charge in [0, 0.05) is 6.42 Å². The van der Waals surface area contributed by atoms with Crippen molar-refractivity contribution in [2.24, 2.45) is 0 Å². The third kappa shape index (κ3) is 12.9. The average molecular weight is 342 g/mol. The molecule has 0 spiro atoms. The minimum Gasteiger partial charge on any atom is -0.481 e. The van der Waals surface area contributed by atoms with Gasteiger partial charge in [0.25, 0.3) is 0 Å². The molecular formula is C22H30O3. The Bertz CT molecular complexity index is 535. The second kappa shape index (κ2) is 14.2. The lowest BCUT2D eigenvalue weighted by Gasteiger charge is -1.86. The minimum atomic E-state index is -0.748. The molecule has 136 valence electrons. The third-order valence-electron chi connectivity index (χ3n) is 3.57. The van der Waals surface area contributed by atoms with Crippen molar-refractivity contribution in [2.75, 3.05) is 0 Å². The van der Waals surface area contributed by atoms with Gasteiger partial charge in [-0.25, -0.2) is 0 Å². The highest BCUT2D eigenvalue weighted by molar-refractivity contribution is 5.66. The molecule has 0 aromatic rings. The molecule has 0 aromatic heterocycles. The summed E-state index contributed by atoms with van der Waals surface area (Å²) in [6.45, 7) is 2.14. The van der Waals surface area contributed by atoms with Gasteiger partial charge in [-0.1, -0.05) is 79.8 Å². The van der Waals surface area contributed by atoms with Gasteiger partial charge < -0.3 is 9.84 Å². The molecule has 0 aliphatic carbocycles. The lowest BCUT2D eigenvalue weighted by atomic mass is 10.2. The lowest BCUT2D eigenvalue weighted by Crippen LogP contribution is -1.91. The van der Waals surface area contributed by atoms with Crippen LogP contribution >= 0.6 is 0 Å². The number of rotatable bonds is 13. The zero-order valence-electron chi connectivity index (χ0n) is 15.1. The van der Waals surface area contributed by atoms with Gasteiger partial charge in [-0.05, 0) is 32.1 Å². The Labute approximate surface area is 151 Å². The number of ether oxygens (including phenoxy) is 1. The highest BCUT2D eigenvalue weighted by Gasteiger charge is 2.34. The van der Waals surface area contributed by atoms with Gasteiger partial charge in [-0.3, -0.25) is 4.79 Å². The molecule has 1 heterocycles. The van der Waals surface area contributed by atoms with Crippen molar-refractivity contribution in [3.05, 3.63) is 72.9 Å². The van der Waals surface area contributed by atoms with Gasteiger partial charge in [0.15, 0.2) is 0 Å². The van der Waals surface area contributed by atoms with E-state index in [0.29, 0.717) is 12.5 Å². The van der Waals surface area contributed by atoms with Crippen LogP contribution in [0.3, 0.4) is 0 Å². The molecule has 0 aromatic carbocycles. The second-order valence-electron chi connectivity index (χ2n) is 5.80. The maximum absolute atomic E-state index is 10.3. The summed E-state index contributed by atoms with van der Waals surface area (Å²) in [6.07, 6.45) is 30.1. The van der Waals surface area contributed by atoms with Crippen LogP contribution in [-0.2, 0) is 9.53 Å². The molecule has 1 N–H and O–H groups in total. The molecule has 1 fully saturated rings. The van der Waals surface area contributed by atoms with Crippen LogP contribution in [0.15, 0.2) is 72.9 Å². The molecule has 2 atom stereocenters. The van der Waals surface area contributed by atoms with Crippen LogP contribution in [0.5, 0.6) is 0 Å². The summed E-state index contributed by atoms with van der Waals surface area (Å²) >= 11 is 0. The summed E-state index contributed by atoms with van der Waals surface area (Å²) in [4.78, 5) is 10.3. The first kappa shape index (κ1) is 20.9. The quantitative estimate of drug-likeness (QED) is 0.272. The molecule has 0 radical (unpaired) electrons. The molecule has 1 aliphatic rings. The summed E-state index contributed by atoms with van der Waals surface area (Å²) in [7, 11) is 0. The zero-order valence-corrected chi connectivity index (χ0v) is 15.1. The van der Waals surface area contributed by atoms with Crippen LogP contribution < -0.4 is 0 Å². The second-order valence-corrected chi connectivity index (χ2v) is 5.80. The fraction of sp³-hybridized carbons (Fsp3) is 0.409. The summed E-state index contributed by atoms with van der Waals surface area (Å²) < 4.78 is 5.55. The van der Waals surface area contributed by atoms with Gasteiger partial charge in [0.1, 0.15) is 6.10 Å². The molecule has 1 rings (SSSR count). The van der Waals surface area contributed by atoms with E-state index in [9.17, 15) is 4.79 Å². The van der Waals surface area contributed by atoms with E-state index in [0.717, 1.165) is 25.7 Å². The summed E-state index contributed by atoms with van der Waals surface area (Å²) in [6, 6.07) is 0. The number of carboxylic acids is 1. The minimum absolute atomic E-state index is 0.202. The van der Waals surface area contributed by atoms with E-state index >= 15 is 0 Å². The fourth-order valence-corrected chi connectivity index (χ4v) is 2.14. The van der Waals surface area contributed by atoms with Crippen LogP contribution in [0, 0.1) is 0 Å². The van der Waals surface area contributed by atoms with Gasteiger partial charge in [-0.2, -0.15) is 0 Å². The normalized spacial score (nSPS) is 21.2. The van der Waals surface area contributed by atoms with Crippen LogP contribution in [0.4, 0.5) is 0 Å². The largest absolute Gasteiger partial charge is 0.481 e. The molecule has 0 amide bonds. The van der Waals surface area contributed by atoms with E-state index in [1.807, 2.05) is 36.5 Å². The fourth-order valence-electron chi connectivity index (χ4n) is 2.14. The van der Waals surface area contributed by atoms with Crippen LogP contribution in [0.1, 0.15) is 45.4 Å². The maximum atomic E-state index is 10.3. The Morgan fingerprint density at radius 1 is 0.920 bits per heavy atom. The van der Waals surface area contributed by atoms with Crippen molar-refractivity contribution in [1.29, 1.82) is 0 Å². The summed E-state index contributed by atoms with van der Waals surface area (Å²) in [5.74, 6) is -0.748. The number of carboxylic acid groups (broad SMARTS) is 1. The summed E-state index contributed by atoms with van der Waals surface area (Å²) in [5, 5.41) is 8.50. The predicted octanol–water partition coefficient (Wildman–Crippen LogP) is 5.54. The third-order valence-corrected chi connectivity index (χ3v) is 3.57. The van der Waals surface area contributed by atoms with Crippen molar-refractivity contribution in [2.45, 2.75) is 57.7 Å². The number of carbonyl (C=O) groups is 1. The van der Waals surface area contributed by atoms with Crippen molar-refractivity contribution >= 4 is 5.97 Å². The van der Waals surface area contributed by atoms with Crippen molar-refractivity contribution in [3.63, 3.8) is 0 Å². The van der Waals surface area contributed by atoms with Crippen molar-refractivity contribution in [3.8, 4) is 0 Å². The Kier molecular flexibility index (Phi) is 11.9. The van der Waals surface area contributed by atoms with E-state index in [-0.39, 0.29) is 12.5 Å². The molecule has 1 aliphatic heterocycles. The summed E-state index contributed by atoms with van der Waals surface area (Å²) in [5.41, 5.74) is 0. The van der Waals surface area contributed by atoms with E-state index in [1.54, 1.807) is 0 Å². The Balaban J connectivity index is 2.01. The molecule has 0 unspecified atom stereocenters.